The molecule has 3 nitrogen and oxygen atoms in total. The minimum absolute atomic E-state index is 0.228. The van der Waals surface area contributed by atoms with Gasteiger partial charge in [0.05, 0.1) is 5.69 Å². The Hall–Kier alpha value is -3.53. The summed E-state index contributed by atoms with van der Waals surface area (Å²) < 4.78 is 14.1. The maximum Gasteiger partial charge on any atom is 0.123 e. The van der Waals surface area contributed by atoms with Crippen molar-refractivity contribution in [3.8, 4) is 11.3 Å². The summed E-state index contributed by atoms with van der Waals surface area (Å²) in [5.41, 5.74) is 5.67. The number of aromatic amines is 1. The standard InChI is InChI=1S/C24H18FN3/c25-20-8-4-7-19(15-20)24(18-5-2-1-3-6-18)12-9-21-22(16-24)27-28-23(21)17-10-13-26-14-11-17/h1-15H,16H2,(H,27,28). The maximum absolute atomic E-state index is 14.1. The van der Waals surface area contributed by atoms with Crippen LogP contribution in [-0.4, -0.2) is 15.2 Å². The van der Waals surface area contributed by atoms with Gasteiger partial charge < -0.3 is 0 Å². The number of H-pyrrole nitrogens is 1. The SMILES string of the molecule is Fc1cccc(C2(c3ccccc3)C=Cc3c(-c4ccncc4)n[nH]c3C2)c1. The Labute approximate surface area is 162 Å². The van der Waals surface area contributed by atoms with Crippen LogP contribution in [0.4, 0.5) is 4.39 Å². The van der Waals surface area contributed by atoms with Gasteiger partial charge in [-0.05, 0) is 35.4 Å². The lowest BCUT2D eigenvalue weighted by Gasteiger charge is -2.34. The van der Waals surface area contributed by atoms with Gasteiger partial charge in [0.15, 0.2) is 0 Å². The maximum atomic E-state index is 14.1. The number of fused-ring (bicyclic) bond motifs is 1. The summed E-state index contributed by atoms with van der Waals surface area (Å²) in [5.74, 6) is -0.228. The van der Waals surface area contributed by atoms with Gasteiger partial charge in [-0.3, -0.25) is 10.1 Å². The highest BCUT2D eigenvalue weighted by atomic mass is 19.1. The highest BCUT2D eigenvalue weighted by Crippen LogP contribution is 2.43. The van der Waals surface area contributed by atoms with Crippen molar-refractivity contribution in [3.63, 3.8) is 0 Å². The molecule has 1 aliphatic rings. The van der Waals surface area contributed by atoms with Gasteiger partial charge in [0.25, 0.3) is 0 Å². The van der Waals surface area contributed by atoms with Crippen LogP contribution in [0.3, 0.4) is 0 Å². The van der Waals surface area contributed by atoms with Gasteiger partial charge in [0.2, 0.25) is 0 Å². The largest absolute Gasteiger partial charge is 0.281 e. The van der Waals surface area contributed by atoms with Crippen LogP contribution < -0.4 is 0 Å². The molecule has 1 unspecified atom stereocenters. The van der Waals surface area contributed by atoms with Crippen LogP contribution in [0.25, 0.3) is 17.3 Å². The van der Waals surface area contributed by atoms with E-state index < -0.39 is 5.41 Å². The lowest BCUT2D eigenvalue weighted by molar-refractivity contribution is 0.594. The molecule has 5 rings (SSSR count). The van der Waals surface area contributed by atoms with Gasteiger partial charge >= 0.3 is 0 Å². The average Bonchev–Trinajstić information content (AvgIpc) is 3.18. The zero-order chi connectivity index (χ0) is 19.0. The van der Waals surface area contributed by atoms with Crippen LogP contribution in [-0.2, 0) is 11.8 Å². The molecule has 0 spiro atoms. The number of halogens is 1. The number of hydrogen-bond acceptors (Lipinski definition) is 2. The molecule has 0 aliphatic heterocycles. The molecule has 0 radical (unpaired) electrons. The summed E-state index contributed by atoms with van der Waals surface area (Å²) >= 11 is 0. The fourth-order valence-corrected chi connectivity index (χ4v) is 4.06. The predicted octanol–water partition coefficient (Wildman–Crippen LogP) is 5.17. The summed E-state index contributed by atoms with van der Waals surface area (Å²) in [6.07, 6.45) is 8.51. The molecule has 2 aromatic heterocycles. The first-order valence-corrected chi connectivity index (χ1v) is 9.25. The van der Waals surface area contributed by atoms with Crippen molar-refractivity contribution in [3.05, 3.63) is 113 Å². The van der Waals surface area contributed by atoms with Gasteiger partial charge in [-0.1, -0.05) is 54.6 Å². The van der Waals surface area contributed by atoms with Crippen LogP contribution in [0, 0.1) is 5.82 Å². The Morgan fingerprint density at radius 1 is 0.893 bits per heavy atom. The molecular formula is C24H18FN3. The Morgan fingerprint density at radius 3 is 2.46 bits per heavy atom. The van der Waals surface area contributed by atoms with E-state index in [-0.39, 0.29) is 5.82 Å². The molecule has 0 bridgehead atoms. The number of nitrogens with one attached hydrogen (secondary N) is 1. The number of aromatic nitrogens is 3. The Morgan fingerprint density at radius 2 is 1.68 bits per heavy atom. The second-order valence-corrected chi connectivity index (χ2v) is 7.06. The topological polar surface area (TPSA) is 41.6 Å². The van der Waals surface area contributed by atoms with Gasteiger partial charge in [-0.2, -0.15) is 5.10 Å². The van der Waals surface area contributed by atoms with E-state index in [4.69, 9.17) is 0 Å². The monoisotopic (exact) mass is 367 g/mol. The first-order valence-electron chi connectivity index (χ1n) is 9.25. The molecule has 4 heteroatoms. The van der Waals surface area contributed by atoms with E-state index in [0.29, 0.717) is 6.42 Å². The highest BCUT2D eigenvalue weighted by molar-refractivity contribution is 5.76. The van der Waals surface area contributed by atoms with Crippen LogP contribution in [0.15, 0.2) is 85.2 Å². The summed E-state index contributed by atoms with van der Waals surface area (Å²) in [6.45, 7) is 0. The zero-order valence-corrected chi connectivity index (χ0v) is 15.1. The van der Waals surface area contributed by atoms with Gasteiger partial charge in [-0.25, -0.2) is 4.39 Å². The smallest absolute Gasteiger partial charge is 0.123 e. The summed E-state index contributed by atoms with van der Waals surface area (Å²) in [7, 11) is 0. The molecule has 0 amide bonds. The second kappa shape index (κ2) is 6.57. The third-order valence-corrected chi connectivity index (χ3v) is 5.46. The molecular weight excluding hydrogens is 349 g/mol. The summed E-state index contributed by atoms with van der Waals surface area (Å²) in [5, 5.41) is 7.78. The van der Waals surface area contributed by atoms with Crippen LogP contribution >= 0.6 is 0 Å². The lowest BCUT2D eigenvalue weighted by Crippen LogP contribution is -2.30. The van der Waals surface area contributed by atoms with Crippen LogP contribution in [0.1, 0.15) is 22.4 Å². The molecule has 2 heterocycles. The third kappa shape index (κ3) is 2.65. The van der Waals surface area contributed by atoms with Crippen LogP contribution in [0.5, 0.6) is 0 Å². The Kier molecular flexibility index (Phi) is 3.90. The first-order chi connectivity index (χ1) is 13.8. The van der Waals surface area contributed by atoms with E-state index in [1.165, 1.54) is 6.07 Å². The molecule has 4 aromatic rings. The first kappa shape index (κ1) is 16.6. The van der Waals surface area contributed by atoms with Gasteiger partial charge in [-0.15, -0.1) is 0 Å². The van der Waals surface area contributed by atoms with E-state index >= 15 is 0 Å². The number of rotatable bonds is 3. The van der Waals surface area contributed by atoms with Gasteiger partial charge in [0, 0.05) is 41.1 Å². The second-order valence-electron chi connectivity index (χ2n) is 7.06. The van der Waals surface area contributed by atoms with E-state index in [2.05, 4.69) is 39.5 Å². The normalized spacial score (nSPS) is 18.0. The zero-order valence-electron chi connectivity index (χ0n) is 15.1. The van der Waals surface area contributed by atoms with Crippen molar-refractivity contribution in [2.75, 3.05) is 0 Å². The molecule has 28 heavy (non-hydrogen) atoms. The van der Waals surface area contributed by atoms with Crippen molar-refractivity contribution in [2.24, 2.45) is 0 Å². The quantitative estimate of drug-likeness (QED) is 0.543. The minimum atomic E-state index is -0.446. The molecule has 1 N–H and O–H groups in total. The molecule has 2 aromatic carbocycles. The van der Waals surface area contributed by atoms with E-state index in [0.717, 1.165) is 33.6 Å². The van der Waals surface area contributed by atoms with E-state index in [9.17, 15) is 4.39 Å². The fourth-order valence-electron chi connectivity index (χ4n) is 4.06. The number of hydrogen-bond donors (Lipinski definition) is 1. The molecule has 1 atom stereocenters. The lowest BCUT2D eigenvalue weighted by atomic mass is 9.68. The van der Waals surface area contributed by atoms with E-state index in [1.807, 2.05) is 36.4 Å². The molecule has 0 fully saturated rings. The van der Waals surface area contributed by atoms with Crippen molar-refractivity contribution in [1.82, 2.24) is 15.2 Å². The number of allylic oxidation sites excluding steroid dienone is 1. The number of benzene rings is 2. The summed E-state index contributed by atoms with van der Waals surface area (Å²) in [4.78, 5) is 4.09. The van der Waals surface area contributed by atoms with Crippen molar-refractivity contribution in [1.29, 1.82) is 0 Å². The molecule has 1 aliphatic carbocycles. The van der Waals surface area contributed by atoms with Crippen LogP contribution in [0.2, 0.25) is 0 Å². The number of nitrogens with zero attached hydrogens (tertiary/aromatic N) is 2. The Balaban J connectivity index is 1.67. The average molecular weight is 367 g/mol. The Bertz CT molecular complexity index is 1150. The third-order valence-electron chi connectivity index (χ3n) is 5.46. The fraction of sp³-hybridized carbons (Fsp3) is 0.0833. The van der Waals surface area contributed by atoms with Gasteiger partial charge in [0.1, 0.15) is 5.82 Å². The van der Waals surface area contributed by atoms with Crippen molar-refractivity contribution in [2.45, 2.75) is 11.8 Å². The predicted molar refractivity (Wildman–Crippen MR) is 108 cm³/mol. The van der Waals surface area contributed by atoms with Crippen molar-refractivity contribution >= 4 is 6.08 Å². The highest BCUT2D eigenvalue weighted by Gasteiger charge is 2.36. The summed E-state index contributed by atoms with van der Waals surface area (Å²) in [6, 6.07) is 21.0. The molecule has 136 valence electrons. The van der Waals surface area contributed by atoms with E-state index in [1.54, 1.807) is 24.5 Å². The molecule has 0 saturated carbocycles. The minimum Gasteiger partial charge on any atom is -0.281 e. The number of pyridine rings is 1. The molecule has 0 saturated heterocycles. The van der Waals surface area contributed by atoms with Crippen molar-refractivity contribution < 1.29 is 4.39 Å².